The maximum Gasteiger partial charge on any atom is 0.276 e. The normalized spacial score (nSPS) is 10.7. The molecule has 33 heavy (non-hydrogen) atoms. The second kappa shape index (κ2) is 9.88. The van der Waals surface area contributed by atoms with Crippen LogP contribution in [0.3, 0.4) is 0 Å². The molecule has 2 amide bonds. The van der Waals surface area contributed by atoms with Crippen molar-refractivity contribution >= 4 is 34.0 Å². The Morgan fingerprint density at radius 3 is 2.27 bits per heavy atom. The summed E-state index contributed by atoms with van der Waals surface area (Å²) in [7, 11) is 1.44. The molecule has 0 radical (unpaired) electrons. The van der Waals surface area contributed by atoms with Gasteiger partial charge in [0.05, 0.1) is 11.9 Å². The molecule has 3 aromatic carbocycles. The molecule has 0 spiro atoms. The van der Waals surface area contributed by atoms with Crippen molar-refractivity contribution in [1.82, 2.24) is 9.78 Å². The van der Waals surface area contributed by atoms with E-state index >= 15 is 0 Å². The van der Waals surface area contributed by atoms with Crippen LogP contribution in [-0.2, 0) is 16.1 Å². The van der Waals surface area contributed by atoms with E-state index in [9.17, 15) is 14.4 Å². The summed E-state index contributed by atoms with van der Waals surface area (Å²) in [4.78, 5) is 37.9. The highest BCUT2D eigenvalue weighted by atomic mass is 16.5. The highest BCUT2D eigenvalue weighted by molar-refractivity contribution is 6.11. The van der Waals surface area contributed by atoms with Crippen molar-refractivity contribution in [1.29, 1.82) is 0 Å². The zero-order valence-electron chi connectivity index (χ0n) is 17.9. The number of nitrogens with zero attached hydrogens (tertiary/aromatic N) is 2. The Bertz CT molecular complexity index is 1370. The monoisotopic (exact) mass is 442 g/mol. The van der Waals surface area contributed by atoms with Gasteiger partial charge in [-0.1, -0.05) is 54.6 Å². The Balaban J connectivity index is 1.66. The third-order valence-electron chi connectivity index (χ3n) is 4.94. The van der Waals surface area contributed by atoms with Gasteiger partial charge in [0.15, 0.2) is 5.69 Å². The lowest BCUT2D eigenvalue weighted by molar-refractivity contribution is -0.119. The van der Waals surface area contributed by atoms with E-state index < -0.39 is 5.91 Å². The fourth-order valence-electron chi connectivity index (χ4n) is 3.46. The molecule has 0 bridgehead atoms. The van der Waals surface area contributed by atoms with Crippen molar-refractivity contribution in [2.24, 2.45) is 0 Å². The number of hydrogen-bond acceptors (Lipinski definition) is 5. The van der Waals surface area contributed by atoms with Crippen molar-refractivity contribution in [3.8, 4) is 0 Å². The summed E-state index contributed by atoms with van der Waals surface area (Å²) in [5.41, 5.74) is 1.75. The molecule has 2 N–H and O–H groups in total. The van der Waals surface area contributed by atoms with Crippen molar-refractivity contribution in [3.63, 3.8) is 0 Å². The number of anilines is 2. The van der Waals surface area contributed by atoms with E-state index in [2.05, 4.69) is 15.7 Å². The molecule has 0 aliphatic carbocycles. The molecule has 0 unspecified atom stereocenters. The molecule has 4 aromatic rings. The summed E-state index contributed by atoms with van der Waals surface area (Å²) < 4.78 is 6.11. The fourth-order valence-corrected chi connectivity index (χ4v) is 3.46. The first-order chi connectivity index (χ1) is 16.0. The van der Waals surface area contributed by atoms with Crippen LogP contribution in [-0.4, -0.2) is 35.3 Å². The quantitative estimate of drug-likeness (QED) is 0.457. The van der Waals surface area contributed by atoms with Gasteiger partial charge < -0.3 is 15.4 Å². The number of methoxy groups -OCH3 is 1. The fraction of sp³-hybridized carbons (Fsp3) is 0.120. The highest BCUT2D eigenvalue weighted by Gasteiger charge is 2.17. The maximum absolute atomic E-state index is 13.2. The number of amides is 2. The average molecular weight is 442 g/mol. The van der Waals surface area contributed by atoms with Gasteiger partial charge in [-0.15, -0.1) is 0 Å². The van der Waals surface area contributed by atoms with Gasteiger partial charge in [-0.3, -0.25) is 14.4 Å². The van der Waals surface area contributed by atoms with Crippen LogP contribution in [0.15, 0.2) is 83.7 Å². The van der Waals surface area contributed by atoms with Crippen LogP contribution >= 0.6 is 0 Å². The van der Waals surface area contributed by atoms with E-state index in [0.29, 0.717) is 22.1 Å². The third-order valence-corrected chi connectivity index (χ3v) is 4.94. The van der Waals surface area contributed by atoms with Gasteiger partial charge in [0, 0.05) is 23.9 Å². The molecule has 0 saturated heterocycles. The first-order valence-corrected chi connectivity index (χ1v) is 10.3. The zero-order valence-corrected chi connectivity index (χ0v) is 17.9. The molecular weight excluding hydrogens is 420 g/mol. The van der Waals surface area contributed by atoms with Gasteiger partial charge in [-0.05, 0) is 29.8 Å². The van der Waals surface area contributed by atoms with Gasteiger partial charge in [0.25, 0.3) is 11.5 Å². The second-order valence-electron chi connectivity index (χ2n) is 7.36. The third kappa shape index (κ3) is 5.13. The molecule has 4 rings (SSSR count). The molecule has 0 aliphatic heterocycles. The summed E-state index contributed by atoms with van der Waals surface area (Å²) in [5, 5.41) is 10.8. The van der Waals surface area contributed by atoms with Crippen molar-refractivity contribution in [2.45, 2.75) is 6.54 Å². The summed E-state index contributed by atoms with van der Waals surface area (Å²) in [6.07, 6.45) is 0. The summed E-state index contributed by atoms with van der Waals surface area (Å²) in [5.74, 6) is -0.769. The number of fused-ring (bicyclic) bond motifs is 1. The lowest BCUT2D eigenvalue weighted by Crippen LogP contribution is -2.28. The molecular formula is C25H22N4O4. The Labute approximate surface area is 189 Å². The van der Waals surface area contributed by atoms with E-state index in [0.717, 1.165) is 5.56 Å². The van der Waals surface area contributed by atoms with E-state index in [1.165, 1.54) is 11.8 Å². The zero-order chi connectivity index (χ0) is 23.2. The molecule has 1 aromatic heterocycles. The van der Waals surface area contributed by atoms with Crippen molar-refractivity contribution in [3.05, 3.63) is 100 Å². The van der Waals surface area contributed by atoms with Gasteiger partial charge in [-0.25, -0.2) is 4.68 Å². The Morgan fingerprint density at radius 1 is 0.879 bits per heavy atom. The molecule has 0 saturated carbocycles. The molecule has 0 aliphatic rings. The van der Waals surface area contributed by atoms with Crippen molar-refractivity contribution < 1.29 is 14.3 Å². The predicted molar refractivity (Wildman–Crippen MR) is 126 cm³/mol. The summed E-state index contributed by atoms with van der Waals surface area (Å²) >= 11 is 0. The SMILES string of the molecule is COCC(=O)Nc1cccc(NC(=O)c2nn(Cc3ccccc3)c(=O)c3ccccc23)c1. The van der Waals surface area contributed by atoms with E-state index in [1.54, 1.807) is 48.5 Å². The van der Waals surface area contributed by atoms with E-state index in [4.69, 9.17) is 4.74 Å². The minimum atomic E-state index is -0.464. The highest BCUT2D eigenvalue weighted by Crippen LogP contribution is 2.19. The van der Waals surface area contributed by atoms with Gasteiger partial charge >= 0.3 is 0 Å². The lowest BCUT2D eigenvalue weighted by atomic mass is 10.1. The minimum Gasteiger partial charge on any atom is -0.375 e. The van der Waals surface area contributed by atoms with Gasteiger partial charge in [0.1, 0.15) is 6.61 Å². The molecule has 8 nitrogen and oxygen atoms in total. The Morgan fingerprint density at radius 2 is 1.55 bits per heavy atom. The number of ether oxygens (including phenoxy) is 1. The molecule has 166 valence electrons. The molecule has 0 atom stereocenters. The topological polar surface area (TPSA) is 102 Å². The number of carbonyl (C=O) groups is 2. The second-order valence-corrected chi connectivity index (χ2v) is 7.36. The van der Waals surface area contributed by atoms with Crippen molar-refractivity contribution in [2.75, 3.05) is 24.4 Å². The van der Waals surface area contributed by atoms with Crippen LogP contribution in [0.4, 0.5) is 11.4 Å². The Hall–Kier alpha value is -4.30. The maximum atomic E-state index is 13.2. The van der Waals surface area contributed by atoms with Gasteiger partial charge in [0.2, 0.25) is 5.91 Å². The first-order valence-electron chi connectivity index (χ1n) is 10.3. The van der Waals surface area contributed by atoms with Crippen LogP contribution in [0.2, 0.25) is 0 Å². The lowest BCUT2D eigenvalue weighted by Gasteiger charge is -2.12. The van der Waals surface area contributed by atoms with Crippen LogP contribution in [0.1, 0.15) is 16.1 Å². The minimum absolute atomic E-state index is 0.0740. The number of carbonyl (C=O) groups excluding carboxylic acids is 2. The number of aromatic nitrogens is 2. The number of nitrogens with one attached hydrogen (secondary N) is 2. The number of benzene rings is 3. The largest absolute Gasteiger partial charge is 0.375 e. The van der Waals surface area contributed by atoms with Crippen LogP contribution in [0, 0.1) is 0 Å². The Kier molecular flexibility index (Phi) is 6.56. The van der Waals surface area contributed by atoms with Gasteiger partial charge in [-0.2, -0.15) is 5.10 Å². The van der Waals surface area contributed by atoms with Crippen LogP contribution < -0.4 is 16.2 Å². The summed E-state index contributed by atoms with van der Waals surface area (Å²) in [6.45, 7) is 0.168. The predicted octanol–water partition coefficient (Wildman–Crippen LogP) is 3.28. The van der Waals surface area contributed by atoms with Crippen LogP contribution in [0.25, 0.3) is 10.8 Å². The average Bonchev–Trinajstić information content (AvgIpc) is 2.82. The molecule has 1 heterocycles. The van der Waals surface area contributed by atoms with Crippen LogP contribution in [0.5, 0.6) is 0 Å². The molecule has 8 heteroatoms. The first kappa shape index (κ1) is 21.9. The number of rotatable bonds is 7. The number of hydrogen-bond donors (Lipinski definition) is 2. The van der Waals surface area contributed by atoms with E-state index in [1.807, 2.05) is 30.3 Å². The summed E-state index contributed by atoms with van der Waals surface area (Å²) in [6, 6.07) is 23.1. The standard InChI is InChI=1S/C25H22N4O4/c1-33-16-22(30)26-18-10-7-11-19(14-18)27-24(31)23-20-12-5-6-13-21(20)25(32)29(28-23)15-17-8-3-2-4-9-17/h2-14H,15-16H2,1H3,(H,26,30)(H,27,31). The molecule has 0 fully saturated rings. The van der Waals surface area contributed by atoms with E-state index in [-0.39, 0.29) is 30.3 Å². The smallest absolute Gasteiger partial charge is 0.276 e.